The van der Waals surface area contributed by atoms with Crippen molar-refractivity contribution in [2.24, 2.45) is 0 Å². The van der Waals surface area contributed by atoms with Crippen molar-refractivity contribution in [3.05, 3.63) is 24.3 Å². The quantitative estimate of drug-likeness (QED) is 0.783. The van der Waals surface area contributed by atoms with Gasteiger partial charge in [0.1, 0.15) is 0 Å². The Kier molecular flexibility index (Phi) is 3.41. The number of rotatable bonds is 5. The Morgan fingerprint density at radius 1 is 1.31 bits per heavy atom. The molecule has 1 heterocycles. The molecular formula is C12H17N3O. The van der Waals surface area contributed by atoms with Crippen molar-refractivity contribution < 1.29 is 4.74 Å². The van der Waals surface area contributed by atoms with Crippen molar-refractivity contribution in [1.82, 2.24) is 9.78 Å². The lowest BCUT2D eigenvalue weighted by molar-refractivity contribution is 0.191. The van der Waals surface area contributed by atoms with Crippen molar-refractivity contribution in [3.63, 3.8) is 0 Å². The fourth-order valence-corrected chi connectivity index (χ4v) is 1.83. The van der Waals surface area contributed by atoms with Crippen molar-refractivity contribution in [3.8, 4) is 0 Å². The van der Waals surface area contributed by atoms with Gasteiger partial charge in [-0.05, 0) is 25.0 Å². The zero-order valence-corrected chi connectivity index (χ0v) is 9.52. The number of methoxy groups -OCH3 is 1. The molecule has 1 aromatic heterocycles. The minimum atomic E-state index is 0.613. The number of aromatic nitrogens is 2. The second-order valence-electron chi connectivity index (χ2n) is 3.83. The van der Waals surface area contributed by atoms with E-state index in [-0.39, 0.29) is 0 Å². The van der Waals surface area contributed by atoms with Gasteiger partial charge in [0.15, 0.2) is 5.82 Å². The van der Waals surface area contributed by atoms with E-state index < -0.39 is 0 Å². The van der Waals surface area contributed by atoms with Crippen LogP contribution in [0.15, 0.2) is 24.3 Å². The minimum Gasteiger partial charge on any atom is -0.385 e. The highest BCUT2D eigenvalue weighted by Gasteiger charge is 2.05. The monoisotopic (exact) mass is 219 g/mol. The molecule has 0 unspecified atom stereocenters. The number of nitrogens with zero attached hydrogens (tertiary/aromatic N) is 2. The fraction of sp³-hybridized carbons (Fsp3) is 0.417. The van der Waals surface area contributed by atoms with Crippen molar-refractivity contribution in [1.29, 1.82) is 0 Å². The summed E-state index contributed by atoms with van der Waals surface area (Å²) < 4.78 is 6.99. The Labute approximate surface area is 95.0 Å². The van der Waals surface area contributed by atoms with Crippen LogP contribution in [0.3, 0.4) is 0 Å². The van der Waals surface area contributed by atoms with Crippen LogP contribution in [-0.2, 0) is 11.3 Å². The van der Waals surface area contributed by atoms with Gasteiger partial charge in [0.05, 0.1) is 5.52 Å². The van der Waals surface area contributed by atoms with Crippen LogP contribution in [0.2, 0.25) is 0 Å². The number of nitrogen functional groups attached to an aromatic ring is 1. The van der Waals surface area contributed by atoms with Crippen LogP contribution in [0.5, 0.6) is 0 Å². The summed E-state index contributed by atoms with van der Waals surface area (Å²) in [6.07, 6.45) is 2.10. The molecule has 16 heavy (non-hydrogen) atoms. The van der Waals surface area contributed by atoms with Gasteiger partial charge in [-0.25, -0.2) is 0 Å². The second-order valence-corrected chi connectivity index (χ2v) is 3.83. The number of hydrogen-bond donors (Lipinski definition) is 1. The first-order valence-electron chi connectivity index (χ1n) is 5.53. The van der Waals surface area contributed by atoms with E-state index in [1.54, 1.807) is 7.11 Å². The van der Waals surface area contributed by atoms with Crippen LogP contribution < -0.4 is 5.73 Å². The molecule has 4 heteroatoms. The number of hydrogen-bond acceptors (Lipinski definition) is 3. The lowest BCUT2D eigenvalue weighted by Crippen LogP contribution is -2.02. The Balaban J connectivity index is 2.12. The molecule has 2 rings (SSSR count). The van der Waals surface area contributed by atoms with Gasteiger partial charge in [-0.1, -0.05) is 12.1 Å². The molecule has 0 atom stereocenters. The summed E-state index contributed by atoms with van der Waals surface area (Å²) in [4.78, 5) is 0. The second kappa shape index (κ2) is 4.99. The number of anilines is 1. The highest BCUT2D eigenvalue weighted by Crippen LogP contribution is 2.20. The standard InChI is InChI=1S/C12H17N3O/c1-16-9-5-4-8-15-11-7-3-2-6-10(11)12(13)14-15/h2-3,6-7H,4-5,8-9H2,1H3,(H2,13,14). The molecule has 0 radical (unpaired) electrons. The summed E-state index contributed by atoms with van der Waals surface area (Å²) in [5.41, 5.74) is 6.96. The van der Waals surface area contributed by atoms with Crippen LogP contribution in [0.1, 0.15) is 12.8 Å². The third-order valence-corrected chi connectivity index (χ3v) is 2.65. The highest BCUT2D eigenvalue weighted by molar-refractivity contribution is 5.88. The lowest BCUT2D eigenvalue weighted by Gasteiger charge is -2.02. The molecule has 0 aliphatic rings. The number of benzene rings is 1. The molecular weight excluding hydrogens is 202 g/mol. The Morgan fingerprint density at radius 3 is 2.94 bits per heavy atom. The van der Waals surface area contributed by atoms with Crippen LogP contribution in [0, 0.1) is 0 Å². The minimum absolute atomic E-state index is 0.613. The zero-order valence-electron chi connectivity index (χ0n) is 9.52. The van der Waals surface area contributed by atoms with Crippen LogP contribution >= 0.6 is 0 Å². The third kappa shape index (κ3) is 2.17. The molecule has 0 fully saturated rings. The average molecular weight is 219 g/mol. The van der Waals surface area contributed by atoms with Gasteiger partial charge in [0.25, 0.3) is 0 Å². The summed E-state index contributed by atoms with van der Waals surface area (Å²) >= 11 is 0. The van der Waals surface area contributed by atoms with Gasteiger partial charge in [-0.15, -0.1) is 0 Å². The van der Waals surface area contributed by atoms with Gasteiger partial charge in [0, 0.05) is 25.6 Å². The van der Waals surface area contributed by atoms with Crippen molar-refractivity contribution in [2.45, 2.75) is 19.4 Å². The van der Waals surface area contributed by atoms with E-state index in [0.29, 0.717) is 5.82 Å². The number of nitrogens with two attached hydrogens (primary N) is 1. The first-order chi connectivity index (χ1) is 7.83. The molecule has 4 nitrogen and oxygen atoms in total. The van der Waals surface area contributed by atoms with E-state index in [1.165, 1.54) is 0 Å². The maximum Gasteiger partial charge on any atom is 0.153 e. The van der Waals surface area contributed by atoms with Crippen LogP contribution in [-0.4, -0.2) is 23.5 Å². The van der Waals surface area contributed by atoms with Gasteiger partial charge in [-0.3, -0.25) is 4.68 Å². The van der Waals surface area contributed by atoms with E-state index in [1.807, 2.05) is 22.9 Å². The molecule has 0 saturated carbocycles. The molecule has 2 aromatic rings. The molecule has 2 N–H and O–H groups in total. The van der Waals surface area contributed by atoms with Crippen molar-refractivity contribution >= 4 is 16.7 Å². The predicted molar refractivity (Wildman–Crippen MR) is 65.3 cm³/mol. The third-order valence-electron chi connectivity index (χ3n) is 2.65. The molecule has 0 aliphatic carbocycles. The summed E-state index contributed by atoms with van der Waals surface area (Å²) in [6, 6.07) is 8.04. The first kappa shape index (κ1) is 11.0. The van der Waals surface area contributed by atoms with Gasteiger partial charge < -0.3 is 10.5 Å². The topological polar surface area (TPSA) is 53.1 Å². The van der Waals surface area contributed by atoms with Gasteiger partial charge in [0.2, 0.25) is 0 Å². The Morgan fingerprint density at radius 2 is 2.12 bits per heavy atom. The largest absolute Gasteiger partial charge is 0.385 e. The molecule has 0 aliphatic heterocycles. The first-order valence-corrected chi connectivity index (χ1v) is 5.53. The van der Waals surface area contributed by atoms with Crippen molar-refractivity contribution in [2.75, 3.05) is 19.5 Å². The summed E-state index contributed by atoms with van der Waals surface area (Å²) in [7, 11) is 1.72. The van der Waals surface area contributed by atoms with Gasteiger partial charge >= 0.3 is 0 Å². The zero-order chi connectivity index (χ0) is 11.4. The SMILES string of the molecule is COCCCCn1nc(N)c2ccccc21. The predicted octanol–water partition coefficient (Wildman–Crippen LogP) is 2.05. The van der Waals surface area contributed by atoms with Crippen LogP contribution in [0.25, 0.3) is 10.9 Å². The molecule has 86 valence electrons. The van der Waals surface area contributed by atoms with Gasteiger partial charge in [-0.2, -0.15) is 5.10 Å². The molecule has 0 saturated heterocycles. The molecule has 1 aromatic carbocycles. The highest BCUT2D eigenvalue weighted by atomic mass is 16.5. The van der Waals surface area contributed by atoms with E-state index in [4.69, 9.17) is 10.5 Å². The summed E-state index contributed by atoms with van der Waals surface area (Å²) in [6.45, 7) is 1.69. The Bertz CT molecular complexity index is 464. The average Bonchev–Trinajstić information content (AvgIpc) is 2.63. The van der Waals surface area contributed by atoms with Crippen LogP contribution in [0.4, 0.5) is 5.82 Å². The van der Waals surface area contributed by atoms with E-state index in [2.05, 4.69) is 11.2 Å². The fourth-order valence-electron chi connectivity index (χ4n) is 1.83. The normalized spacial score (nSPS) is 11.1. The number of aryl methyl sites for hydroxylation is 1. The number of para-hydroxylation sites is 1. The van der Waals surface area contributed by atoms with E-state index in [9.17, 15) is 0 Å². The maximum atomic E-state index is 5.85. The smallest absolute Gasteiger partial charge is 0.153 e. The number of fused-ring (bicyclic) bond motifs is 1. The summed E-state index contributed by atoms with van der Waals surface area (Å²) in [5.74, 6) is 0.613. The Hall–Kier alpha value is -1.55. The van der Waals surface area contributed by atoms with E-state index in [0.717, 1.165) is 36.9 Å². The lowest BCUT2D eigenvalue weighted by atomic mass is 10.2. The number of ether oxygens (including phenoxy) is 1. The molecule has 0 amide bonds. The summed E-state index contributed by atoms with van der Waals surface area (Å²) in [5, 5.41) is 5.38. The van der Waals surface area contributed by atoms with E-state index >= 15 is 0 Å². The maximum absolute atomic E-state index is 5.85. The molecule has 0 spiro atoms. The molecule has 0 bridgehead atoms. The number of unbranched alkanes of at least 4 members (excludes halogenated alkanes) is 1.